The molecule has 2 rings (SSSR count). The summed E-state index contributed by atoms with van der Waals surface area (Å²) >= 11 is 6.22. The Labute approximate surface area is 115 Å². The van der Waals surface area contributed by atoms with Gasteiger partial charge in [-0.15, -0.1) is 0 Å². The van der Waals surface area contributed by atoms with E-state index in [0.717, 1.165) is 17.1 Å². The minimum atomic E-state index is -1.02. The van der Waals surface area contributed by atoms with Gasteiger partial charge in [0.25, 0.3) is 0 Å². The highest BCUT2D eigenvalue weighted by Gasteiger charge is 2.13. The van der Waals surface area contributed by atoms with E-state index in [-0.39, 0.29) is 6.42 Å². The molecule has 0 saturated heterocycles. The average Bonchev–Trinajstić information content (AvgIpc) is 2.75. The van der Waals surface area contributed by atoms with Crippen molar-refractivity contribution in [1.29, 1.82) is 0 Å². The lowest BCUT2D eigenvalue weighted by Crippen LogP contribution is -2.32. The molecule has 0 radical (unpaired) electrons. The fourth-order valence-corrected chi connectivity index (χ4v) is 2.14. The highest BCUT2D eigenvalue weighted by atomic mass is 35.5. The van der Waals surface area contributed by atoms with Crippen LogP contribution in [0, 0.1) is 6.92 Å². The maximum absolute atomic E-state index is 10.7. The highest BCUT2D eigenvalue weighted by molar-refractivity contribution is 6.32. The van der Waals surface area contributed by atoms with Crippen molar-refractivity contribution >= 4 is 17.6 Å². The first-order chi connectivity index (χ1) is 8.99. The predicted molar refractivity (Wildman–Crippen MR) is 72.6 cm³/mol. The van der Waals surface area contributed by atoms with Crippen molar-refractivity contribution in [2.75, 3.05) is 0 Å². The quantitative estimate of drug-likeness (QED) is 0.894. The molecule has 0 fully saturated rings. The first-order valence-electron chi connectivity index (χ1n) is 5.76. The van der Waals surface area contributed by atoms with Crippen LogP contribution in [0.5, 0.6) is 0 Å². The fourth-order valence-electron chi connectivity index (χ4n) is 1.85. The Balaban J connectivity index is 2.28. The van der Waals surface area contributed by atoms with Gasteiger partial charge in [0.2, 0.25) is 0 Å². The van der Waals surface area contributed by atoms with E-state index < -0.39 is 12.0 Å². The number of imidazole rings is 1. The van der Waals surface area contributed by atoms with E-state index in [0.29, 0.717) is 5.02 Å². The van der Waals surface area contributed by atoms with Crippen LogP contribution < -0.4 is 5.73 Å². The van der Waals surface area contributed by atoms with E-state index >= 15 is 0 Å². The number of halogens is 1. The van der Waals surface area contributed by atoms with Crippen LogP contribution in [0.3, 0.4) is 0 Å². The van der Waals surface area contributed by atoms with Crippen LogP contribution in [0.1, 0.15) is 11.4 Å². The standard InChI is InChI=1S/C13H14ClN3O2/c1-8-16-4-5-17(8)12-3-2-9(6-10(12)14)7-11(15)13(18)19/h2-6,11H,7,15H2,1H3,(H,18,19). The molecule has 1 aromatic carbocycles. The molecule has 100 valence electrons. The van der Waals surface area contributed by atoms with Crippen LogP contribution in [0.25, 0.3) is 5.69 Å². The number of carboxylic acids is 1. The molecule has 1 aromatic heterocycles. The van der Waals surface area contributed by atoms with Gasteiger partial charge in [-0.2, -0.15) is 0 Å². The van der Waals surface area contributed by atoms with Gasteiger partial charge in [-0.1, -0.05) is 17.7 Å². The van der Waals surface area contributed by atoms with E-state index in [1.807, 2.05) is 29.8 Å². The number of carboxylic acid groups (broad SMARTS) is 1. The van der Waals surface area contributed by atoms with Gasteiger partial charge in [-0.25, -0.2) is 4.98 Å². The van der Waals surface area contributed by atoms with E-state index in [2.05, 4.69) is 4.98 Å². The summed E-state index contributed by atoms with van der Waals surface area (Å²) in [6.45, 7) is 1.88. The van der Waals surface area contributed by atoms with Crippen molar-refractivity contribution in [1.82, 2.24) is 9.55 Å². The van der Waals surface area contributed by atoms with Gasteiger partial charge in [0.05, 0.1) is 10.7 Å². The molecule has 6 heteroatoms. The number of benzene rings is 1. The Hall–Kier alpha value is -1.85. The topological polar surface area (TPSA) is 81.1 Å². The fraction of sp³-hybridized carbons (Fsp3) is 0.231. The zero-order valence-electron chi connectivity index (χ0n) is 10.4. The van der Waals surface area contributed by atoms with Crippen LogP contribution in [0.4, 0.5) is 0 Å². The molecule has 1 atom stereocenters. The minimum Gasteiger partial charge on any atom is -0.480 e. The van der Waals surface area contributed by atoms with Crippen LogP contribution in [-0.2, 0) is 11.2 Å². The largest absolute Gasteiger partial charge is 0.480 e. The number of aryl methyl sites for hydroxylation is 1. The smallest absolute Gasteiger partial charge is 0.320 e. The van der Waals surface area contributed by atoms with Crippen molar-refractivity contribution in [3.8, 4) is 5.69 Å². The lowest BCUT2D eigenvalue weighted by molar-refractivity contribution is -0.138. The molecule has 0 aliphatic carbocycles. The van der Waals surface area contributed by atoms with E-state index in [4.69, 9.17) is 22.4 Å². The van der Waals surface area contributed by atoms with Crippen molar-refractivity contribution in [2.45, 2.75) is 19.4 Å². The third kappa shape index (κ3) is 2.94. The molecule has 0 aliphatic heterocycles. The maximum Gasteiger partial charge on any atom is 0.320 e. The van der Waals surface area contributed by atoms with Gasteiger partial charge in [0, 0.05) is 12.4 Å². The highest BCUT2D eigenvalue weighted by Crippen LogP contribution is 2.23. The van der Waals surface area contributed by atoms with Gasteiger partial charge in [-0.3, -0.25) is 4.79 Å². The number of hydrogen-bond donors (Lipinski definition) is 2. The minimum absolute atomic E-state index is 0.248. The molecule has 2 aromatic rings. The normalized spacial score (nSPS) is 12.4. The molecule has 1 unspecified atom stereocenters. The molecule has 1 heterocycles. The Bertz CT molecular complexity index is 610. The summed E-state index contributed by atoms with van der Waals surface area (Å²) < 4.78 is 1.86. The zero-order chi connectivity index (χ0) is 14.0. The first-order valence-corrected chi connectivity index (χ1v) is 6.14. The maximum atomic E-state index is 10.7. The number of aliphatic carboxylic acids is 1. The molecular formula is C13H14ClN3O2. The molecule has 0 aliphatic rings. The number of hydrogen-bond acceptors (Lipinski definition) is 3. The Morgan fingerprint density at radius 3 is 2.84 bits per heavy atom. The monoisotopic (exact) mass is 279 g/mol. The van der Waals surface area contributed by atoms with Crippen LogP contribution >= 0.6 is 11.6 Å². The molecule has 0 saturated carbocycles. The molecule has 0 bridgehead atoms. The van der Waals surface area contributed by atoms with Gasteiger partial charge in [0.1, 0.15) is 11.9 Å². The molecular weight excluding hydrogens is 266 g/mol. The first kappa shape index (κ1) is 13.6. The van der Waals surface area contributed by atoms with E-state index in [1.165, 1.54) is 0 Å². The molecule has 0 amide bonds. The molecule has 0 spiro atoms. The second-order valence-electron chi connectivity index (χ2n) is 4.28. The molecule has 5 nitrogen and oxygen atoms in total. The summed E-state index contributed by atoms with van der Waals surface area (Å²) in [5.74, 6) is -0.192. The number of nitrogens with zero attached hydrogens (tertiary/aromatic N) is 2. The third-order valence-corrected chi connectivity index (χ3v) is 3.17. The lowest BCUT2D eigenvalue weighted by Gasteiger charge is -2.11. The van der Waals surface area contributed by atoms with Crippen molar-refractivity contribution < 1.29 is 9.90 Å². The van der Waals surface area contributed by atoms with Crippen molar-refractivity contribution in [3.05, 3.63) is 47.0 Å². The number of nitrogens with two attached hydrogens (primary N) is 1. The molecule has 3 N–H and O–H groups in total. The van der Waals surface area contributed by atoms with Crippen LogP contribution in [0.2, 0.25) is 5.02 Å². The predicted octanol–water partition coefficient (Wildman–Crippen LogP) is 1.79. The number of carbonyl (C=O) groups is 1. The van der Waals surface area contributed by atoms with Crippen LogP contribution in [0.15, 0.2) is 30.6 Å². The summed E-state index contributed by atoms with van der Waals surface area (Å²) in [7, 11) is 0. The Morgan fingerprint density at radius 1 is 1.58 bits per heavy atom. The van der Waals surface area contributed by atoms with Crippen molar-refractivity contribution in [3.63, 3.8) is 0 Å². The lowest BCUT2D eigenvalue weighted by atomic mass is 10.1. The molecule has 19 heavy (non-hydrogen) atoms. The number of rotatable bonds is 4. The summed E-state index contributed by atoms with van der Waals surface area (Å²) in [6, 6.07) is 4.47. The summed E-state index contributed by atoms with van der Waals surface area (Å²) in [4.78, 5) is 14.9. The van der Waals surface area contributed by atoms with Gasteiger partial charge in [-0.05, 0) is 31.0 Å². The van der Waals surface area contributed by atoms with E-state index in [1.54, 1.807) is 12.3 Å². The number of aromatic nitrogens is 2. The van der Waals surface area contributed by atoms with Gasteiger partial charge in [0.15, 0.2) is 0 Å². The van der Waals surface area contributed by atoms with Gasteiger partial charge < -0.3 is 15.4 Å². The SMILES string of the molecule is Cc1nccn1-c1ccc(CC(N)C(=O)O)cc1Cl. The van der Waals surface area contributed by atoms with Gasteiger partial charge >= 0.3 is 5.97 Å². The van der Waals surface area contributed by atoms with Crippen molar-refractivity contribution in [2.24, 2.45) is 5.73 Å². The Kier molecular flexibility index (Phi) is 3.87. The average molecular weight is 280 g/mol. The summed E-state index contributed by atoms with van der Waals surface area (Å²) in [6.07, 6.45) is 3.76. The third-order valence-electron chi connectivity index (χ3n) is 2.87. The second kappa shape index (κ2) is 5.42. The van der Waals surface area contributed by atoms with E-state index in [9.17, 15) is 4.79 Å². The summed E-state index contributed by atoms with van der Waals surface area (Å²) in [5, 5.41) is 9.32. The van der Waals surface area contributed by atoms with Crippen LogP contribution in [-0.4, -0.2) is 26.7 Å². The summed E-state index contributed by atoms with van der Waals surface area (Å²) in [5.41, 5.74) is 7.10. The zero-order valence-corrected chi connectivity index (χ0v) is 11.1. The Morgan fingerprint density at radius 2 is 2.32 bits per heavy atom. The second-order valence-corrected chi connectivity index (χ2v) is 4.69.